The van der Waals surface area contributed by atoms with Gasteiger partial charge in [-0.3, -0.25) is 9.78 Å². The van der Waals surface area contributed by atoms with E-state index in [1.54, 1.807) is 30.3 Å². The molecular weight excluding hydrogens is 287 g/mol. The van der Waals surface area contributed by atoms with Gasteiger partial charge in [-0.2, -0.15) is 0 Å². The quantitative estimate of drug-likeness (QED) is 0.854. The van der Waals surface area contributed by atoms with Crippen molar-refractivity contribution < 1.29 is 18.7 Å². The van der Waals surface area contributed by atoms with Crippen LogP contribution in [0.3, 0.4) is 0 Å². The molecular formula is C16H15FN2O3. The van der Waals surface area contributed by atoms with Crippen molar-refractivity contribution >= 4 is 11.9 Å². The zero-order valence-electron chi connectivity index (χ0n) is 12.0. The molecule has 2 aromatic rings. The van der Waals surface area contributed by atoms with E-state index in [9.17, 15) is 14.0 Å². The van der Waals surface area contributed by atoms with Gasteiger partial charge >= 0.3 is 5.97 Å². The Morgan fingerprint density at radius 3 is 2.55 bits per heavy atom. The first-order valence-corrected chi connectivity index (χ1v) is 6.64. The first kappa shape index (κ1) is 15.6. The highest BCUT2D eigenvalue weighted by Gasteiger charge is 2.23. The lowest BCUT2D eigenvalue weighted by Gasteiger charge is -2.16. The van der Waals surface area contributed by atoms with E-state index in [1.807, 2.05) is 0 Å². The Morgan fingerprint density at radius 2 is 1.95 bits per heavy atom. The predicted octanol–water partition coefficient (Wildman–Crippen LogP) is 1.73. The lowest BCUT2D eigenvalue weighted by Crippen LogP contribution is -2.43. The minimum Gasteiger partial charge on any atom is -0.467 e. The smallest absolute Gasteiger partial charge is 0.328 e. The summed E-state index contributed by atoms with van der Waals surface area (Å²) < 4.78 is 17.6. The number of nitrogens with zero attached hydrogens (tertiary/aromatic N) is 1. The summed E-state index contributed by atoms with van der Waals surface area (Å²) in [5.41, 5.74) is 0.911. The maximum atomic E-state index is 12.9. The molecule has 0 unspecified atom stereocenters. The number of rotatable bonds is 5. The number of hydrogen-bond donors (Lipinski definition) is 1. The predicted molar refractivity (Wildman–Crippen MR) is 77.6 cm³/mol. The largest absolute Gasteiger partial charge is 0.467 e. The van der Waals surface area contributed by atoms with Gasteiger partial charge in [-0.05, 0) is 29.8 Å². The van der Waals surface area contributed by atoms with E-state index in [0.29, 0.717) is 5.56 Å². The van der Waals surface area contributed by atoms with Crippen molar-refractivity contribution in [3.05, 3.63) is 65.7 Å². The Kier molecular flexibility index (Phi) is 5.19. The van der Waals surface area contributed by atoms with Gasteiger partial charge in [0, 0.05) is 12.6 Å². The molecule has 0 radical (unpaired) electrons. The standard InChI is InChI=1S/C16H15FN2O3/c1-22-16(21)14(10-11-5-7-12(17)8-6-11)19-15(20)13-4-2-3-9-18-13/h2-9,14H,10H2,1H3,(H,19,20)/t14-/m1/s1. The zero-order valence-corrected chi connectivity index (χ0v) is 12.0. The van der Waals surface area contributed by atoms with Crippen LogP contribution in [-0.2, 0) is 16.0 Å². The molecule has 0 saturated heterocycles. The van der Waals surface area contributed by atoms with Crippen LogP contribution in [0.4, 0.5) is 4.39 Å². The number of amides is 1. The molecule has 1 aromatic carbocycles. The first-order chi connectivity index (χ1) is 10.6. The van der Waals surface area contributed by atoms with Crippen LogP contribution in [0.1, 0.15) is 16.1 Å². The van der Waals surface area contributed by atoms with Gasteiger partial charge < -0.3 is 10.1 Å². The normalized spacial score (nSPS) is 11.5. The molecule has 1 heterocycles. The molecule has 22 heavy (non-hydrogen) atoms. The van der Waals surface area contributed by atoms with Crippen LogP contribution in [-0.4, -0.2) is 30.0 Å². The molecule has 0 fully saturated rings. The van der Waals surface area contributed by atoms with Gasteiger partial charge in [0.1, 0.15) is 17.6 Å². The fraction of sp³-hybridized carbons (Fsp3) is 0.188. The number of carbonyl (C=O) groups is 2. The van der Waals surface area contributed by atoms with Crippen LogP contribution in [0.15, 0.2) is 48.7 Å². The third kappa shape index (κ3) is 4.12. The van der Waals surface area contributed by atoms with E-state index in [1.165, 1.54) is 25.4 Å². The van der Waals surface area contributed by atoms with Crippen molar-refractivity contribution in [2.24, 2.45) is 0 Å². The zero-order chi connectivity index (χ0) is 15.9. The minimum absolute atomic E-state index is 0.200. The molecule has 0 aliphatic heterocycles. The topological polar surface area (TPSA) is 68.3 Å². The molecule has 1 aromatic heterocycles. The second kappa shape index (κ2) is 7.31. The maximum Gasteiger partial charge on any atom is 0.328 e. The van der Waals surface area contributed by atoms with Gasteiger partial charge in [0.15, 0.2) is 0 Å². The number of carbonyl (C=O) groups excluding carboxylic acids is 2. The Bertz CT molecular complexity index is 644. The van der Waals surface area contributed by atoms with Gasteiger partial charge in [0.05, 0.1) is 7.11 Å². The van der Waals surface area contributed by atoms with E-state index in [0.717, 1.165) is 0 Å². The fourth-order valence-electron chi connectivity index (χ4n) is 1.92. The van der Waals surface area contributed by atoms with Crippen LogP contribution < -0.4 is 5.32 Å². The summed E-state index contributed by atoms with van der Waals surface area (Å²) in [6.45, 7) is 0. The molecule has 1 amide bonds. The second-order valence-corrected chi connectivity index (χ2v) is 4.59. The van der Waals surface area contributed by atoms with Crippen LogP contribution in [0.2, 0.25) is 0 Å². The second-order valence-electron chi connectivity index (χ2n) is 4.59. The molecule has 0 saturated carbocycles. The average Bonchev–Trinajstić information content (AvgIpc) is 2.56. The number of ether oxygens (including phenoxy) is 1. The van der Waals surface area contributed by atoms with Crippen LogP contribution in [0.25, 0.3) is 0 Å². The van der Waals surface area contributed by atoms with Crippen molar-refractivity contribution in [1.29, 1.82) is 0 Å². The van der Waals surface area contributed by atoms with E-state index in [4.69, 9.17) is 4.74 Å². The number of aromatic nitrogens is 1. The molecule has 0 spiro atoms. The van der Waals surface area contributed by atoms with Crippen molar-refractivity contribution in [3.63, 3.8) is 0 Å². The first-order valence-electron chi connectivity index (χ1n) is 6.64. The Hall–Kier alpha value is -2.76. The monoisotopic (exact) mass is 302 g/mol. The van der Waals surface area contributed by atoms with Crippen molar-refractivity contribution in [1.82, 2.24) is 10.3 Å². The summed E-state index contributed by atoms with van der Waals surface area (Å²) in [6.07, 6.45) is 1.69. The van der Waals surface area contributed by atoms with Crippen LogP contribution >= 0.6 is 0 Å². The Balaban J connectivity index is 2.11. The van der Waals surface area contributed by atoms with E-state index in [-0.39, 0.29) is 17.9 Å². The highest BCUT2D eigenvalue weighted by Crippen LogP contribution is 2.07. The number of pyridine rings is 1. The van der Waals surface area contributed by atoms with Crippen LogP contribution in [0, 0.1) is 5.82 Å². The SMILES string of the molecule is COC(=O)[C@@H](Cc1ccc(F)cc1)NC(=O)c1ccccn1. The Labute approximate surface area is 127 Å². The molecule has 1 atom stereocenters. The number of nitrogens with one attached hydrogen (secondary N) is 1. The van der Waals surface area contributed by atoms with Gasteiger partial charge in [0.25, 0.3) is 5.91 Å². The molecule has 0 aliphatic rings. The average molecular weight is 302 g/mol. The number of halogens is 1. The molecule has 114 valence electrons. The van der Waals surface area contributed by atoms with Gasteiger partial charge in [-0.25, -0.2) is 9.18 Å². The fourth-order valence-corrected chi connectivity index (χ4v) is 1.92. The minimum atomic E-state index is -0.870. The molecule has 2 rings (SSSR count). The lowest BCUT2D eigenvalue weighted by atomic mass is 10.1. The summed E-state index contributed by atoms with van der Waals surface area (Å²) >= 11 is 0. The van der Waals surface area contributed by atoms with Crippen LogP contribution in [0.5, 0.6) is 0 Å². The molecule has 0 bridgehead atoms. The van der Waals surface area contributed by atoms with Gasteiger partial charge in [-0.15, -0.1) is 0 Å². The summed E-state index contributed by atoms with van der Waals surface area (Å²) in [7, 11) is 1.24. The molecule has 0 aliphatic carbocycles. The van der Waals surface area contributed by atoms with E-state index >= 15 is 0 Å². The Morgan fingerprint density at radius 1 is 1.23 bits per heavy atom. The number of esters is 1. The number of methoxy groups -OCH3 is 1. The van der Waals surface area contributed by atoms with Crippen molar-refractivity contribution in [2.75, 3.05) is 7.11 Å². The molecule has 6 heteroatoms. The maximum absolute atomic E-state index is 12.9. The highest BCUT2D eigenvalue weighted by molar-refractivity contribution is 5.95. The van der Waals surface area contributed by atoms with Crippen molar-refractivity contribution in [2.45, 2.75) is 12.5 Å². The highest BCUT2D eigenvalue weighted by atomic mass is 19.1. The summed E-state index contributed by atoms with van der Waals surface area (Å²) in [5.74, 6) is -1.41. The third-order valence-corrected chi connectivity index (χ3v) is 3.04. The van der Waals surface area contributed by atoms with E-state index < -0.39 is 17.9 Å². The van der Waals surface area contributed by atoms with Gasteiger partial charge in [0.2, 0.25) is 0 Å². The molecule has 1 N–H and O–H groups in total. The number of hydrogen-bond acceptors (Lipinski definition) is 4. The summed E-state index contributed by atoms with van der Waals surface area (Å²) in [6, 6.07) is 9.74. The third-order valence-electron chi connectivity index (χ3n) is 3.04. The van der Waals surface area contributed by atoms with Crippen molar-refractivity contribution in [3.8, 4) is 0 Å². The summed E-state index contributed by atoms with van der Waals surface area (Å²) in [4.78, 5) is 27.8. The lowest BCUT2D eigenvalue weighted by molar-refractivity contribution is -0.142. The van der Waals surface area contributed by atoms with Gasteiger partial charge in [-0.1, -0.05) is 18.2 Å². The molecule has 5 nitrogen and oxygen atoms in total. The summed E-state index contributed by atoms with van der Waals surface area (Å²) in [5, 5.41) is 2.58. The van der Waals surface area contributed by atoms with E-state index in [2.05, 4.69) is 10.3 Å². The number of benzene rings is 1.